The second-order valence-corrected chi connectivity index (χ2v) is 7.24. The van der Waals surface area contributed by atoms with Gasteiger partial charge in [-0.25, -0.2) is 4.98 Å². The standard InChI is InChI=1S/C18H21N3O4S/c1-13(22)20-8-10-21(11-9-20)17(23)12-25-18(24)7-6-16-19-14-4-2-3-5-15(14)26-16/h2-5H,6-12H2,1H3. The van der Waals surface area contributed by atoms with Crippen molar-refractivity contribution in [1.82, 2.24) is 14.8 Å². The zero-order chi connectivity index (χ0) is 18.5. The van der Waals surface area contributed by atoms with E-state index in [4.69, 9.17) is 4.74 Å². The van der Waals surface area contributed by atoms with Crippen LogP contribution in [0.15, 0.2) is 24.3 Å². The number of piperazine rings is 1. The van der Waals surface area contributed by atoms with E-state index in [1.165, 1.54) is 6.92 Å². The quantitative estimate of drug-likeness (QED) is 0.739. The third-order valence-electron chi connectivity index (χ3n) is 4.32. The van der Waals surface area contributed by atoms with Gasteiger partial charge in [-0.2, -0.15) is 0 Å². The summed E-state index contributed by atoms with van der Waals surface area (Å²) in [4.78, 5) is 43.1. The fraction of sp³-hybridized carbons (Fsp3) is 0.444. The fourth-order valence-electron chi connectivity index (χ4n) is 2.81. The van der Waals surface area contributed by atoms with E-state index in [2.05, 4.69) is 4.98 Å². The molecule has 2 aromatic rings. The van der Waals surface area contributed by atoms with Crippen molar-refractivity contribution in [2.24, 2.45) is 0 Å². The molecule has 0 spiro atoms. The lowest BCUT2D eigenvalue weighted by Crippen LogP contribution is -2.51. The summed E-state index contributed by atoms with van der Waals surface area (Å²) in [7, 11) is 0. The molecular weight excluding hydrogens is 354 g/mol. The Morgan fingerprint density at radius 2 is 1.81 bits per heavy atom. The van der Waals surface area contributed by atoms with Crippen LogP contribution in [-0.4, -0.2) is 65.4 Å². The Morgan fingerprint density at radius 3 is 2.50 bits per heavy atom. The summed E-state index contributed by atoms with van der Waals surface area (Å²) in [6, 6.07) is 7.83. The molecule has 0 bridgehead atoms. The molecule has 2 heterocycles. The molecule has 1 aliphatic rings. The Hall–Kier alpha value is -2.48. The van der Waals surface area contributed by atoms with E-state index in [0.717, 1.165) is 15.2 Å². The van der Waals surface area contributed by atoms with Crippen LogP contribution in [-0.2, 0) is 25.5 Å². The van der Waals surface area contributed by atoms with Crippen molar-refractivity contribution in [3.05, 3.63) is 29.3 Å². The van der Waals surface area contributed by atoms with Crippen LogP contribution >= 0.6 is 11.3 Å². The van der Waals surface area contributed by atoms with Gasteiger partial charge >= 0.3 is 5.97 Å². The Kier molecular flexibility index (Phi) is 5.82. The average Bonchev–Trinajstić information content (AvgIpc) is 3.07. The number of thiazole rings is 1. The number of carbonyl (C=O) groups excluding carboxylic acids is 3. The SMILES string of the molecule is CC(=O)N1CCN(C(=O)COC(=O)CCc2nc3ccccc3s2)CC1. The third-order valence-corrected chi connectivity index (χ3v) is 5.41. The maximum atomic E-state index is 12.1. The van der Waals surface area contributed by atoms with E-state index in [1.807, 2.05) is 24.3 Å². The van der Waals surface area contributed by atoms with Crippen molar-refractivity contribution in [2.75, 3.05) is 32.8 Å². The number of ether oxygens (including phenoxy) is 1. The van der Waals surface area contributed by atoms with Crippen LogP contribution in [0, 0.1) is 0 Å². The Bertz CT molecular complexity index is 779. The van der Waals surface area contributed by atoms with Crippen LogP contribution in [0.4, 0.5) is 0 Å². The van der Waals surface area contributed by atoms with E-state index in [0.29, 0.717) is 32.6 Å². The van der Waals surface area contributed by atoms with Crippen molar-refractivity contribution in [1.29, 1.82) is 0 Å². The number of carbonyl (C=O) groups is 3. The van der Waals surface area contributed by atoms with Crippen molar-refractivity contribution in [2.45, 2.75) is 19.8 Å². The lowest BCUT2D eigenvalue weighted by Gasteiger charge is -2.34. The lowest BCUT2D eigenvalue weighted by molar-refractivity contribution is -0.153. The smallest absolute Gasteiger partial charge is 0.306 e. The maximum Gasteiger partial charge on any atom is 0.306 e. The first kappa shape index (κ1) is 18.3. The number of fused-ring (bicyclic) bond motifs is 1. The third kappa shape index (κ3) is 4.57. The Morgan fingerprint density at radius 1 is 1.12 bits per heavy atom. The minimum Gasteiger partial charge on any atom is -0.456 e. The summed E-state index contributed by atoms with van der Waals surface area (Å²) in [6.07, 6.45) is 0.703. The molecule has 8 heteroatoms. The summed E-state index contributed by atoms with van der Waals surface area (Å²) in [5, 5.41) is 0.884. The van der Waals surface area contributed by atoms with Gasteiger partial charge in [0.2, 0.25) is 5.91 Å². The minimum atomic E-state index is -0.403. The maximum absolute atomic E-state index is 12.1. The number of nitrogens with zero attached hydrogens (tertiary/aromatic N) is 3. The van der Waals surface area contributed by atoms with Crippen molar-refractivity contribution < 1.29 is 19.1 Å². The highest BCUT2D eigenvalue weighted by molar-refractivity contribution is 7.18. The molecular formula is C18H21N3O4S. The van der Waals surface area contributed by atoms with Gasteiger partial charge in [0.15, 0.2) is 6.61 Å². The van der Waals surface area contributed by atoms with Crippen LogP contribution in [0.5, 0.6) is 0 Å². The molecule has 1 aromatic heterocycles. The largest absolute Gasteiger partial charge is 0.456 e. The fourth-order valence-corrected chi connectivity index (χ4v) is 3.78. The second kappa shape index (κ2) is 8.27. The molecule has 1 fully saturated rings. The van der Waals surface area contributed by atoms with E-state index in [-0.39, 0.29) is 24.8 Å². The number of esters is 1. The van der Waals surface area contributed by atoms with Gasteiger partial charge < -0.3 is 14.5 Å². The molecule has 0 aliphatic carbocycles. The van der Waals surface area contributed by atoms with Crippen LogP contribution in [0.1, 0.15) is 18.4 Å². The van der Waals surface area contributed by atoms with E-state index < -0.39 is 5.97 Å². The first-order chi connectivity index (χ1) is 12.5. The number of hydrogen-bond donors (Lipinski definition) is 0. The highest BCUT2D eigenvalue weighted by Crippen LogP contribution is 2.22. The summed E-state index contributed by atoms with van der Waals surface area (Å²) >= 11 is 1.56. The highest BCUT2D eigenvalue weighted by Gasteiger charge is 2.23. The van der Waals surface area contributed by atoms with Crippen LogP contribution in [0.2, 0.25) is 0 Å². The van der Waals surface area contributed by atoms with Gasteiger partial charge in [0.05, 0.1) is 21.6 Å². The summed E-state index contributed by atoms with van der Waals surface area (Å²) < 4.78 is 6.19. The van der Waals surface area contributed by atoms with Gasteiger partial charge in [0.1, 0.15) is 0 Å². The minimum absolute atomic E-state index is 0.0124. The number of para-hydroxylation sites is 1. The molecule has 26 heavy (non-hydrogen) atoms. The molecule has 1 saturated heterocycles. The average molecular weight is 375 g/mol. The molecule has 2 amide bonds. The first-order valence-corrected chi connectivity index (χ1v) is 9.38. The molecule has 0 N–H and O–H groups in total. The molecule has 0 unspecified atom stereocenters. The van der Waals surface area contributed by atoms with E-state index in [1.54, 1.807) is 21.1 Å². The lowest BCUT2D eigenvalue weighted by atomic mass is 10.3. The first-order valence-electron chi connectivity index (χ1n) is 8.56. The monoisotopic (exact) mass is 375 g/mol. The predicted octanol–water partition coefficient (Wildman–Crippen LogP) is 1.46. The molecule has 1 aliphatic heterocycles. The van der Waals surface area contributed by atoms with Crippen LogP contribution in [0.25, 0.3) is 10.2 Å². The zero-order valence-corrected chi connectivity index (χ0v) is 15.5. The second-order valence-electron chi connectivity index (χ2n) is 6.12. The molecule has 3 rings (SSSR count). The zero-order valence-electron chi connectivity index (χ0n) is 14.6. The van der Waals surface area contributed by atoms with Gasteiger partial charge in [-0.05, 0) is 12.1 Å². The molecule has 1 aromatic carbocycles. The van der Waals surface area contributed by atoms with Gasteiger partial charge in [0, 0.05) is 39.5 Å². The van der Waals surface area contributed by atoms with Gasteiger partial charge in [-0.1, -0.05) is 12.1 Å². The molecule has 7 nitrogen and oxygen atoms in total. The van der Waals surface area contributed by atoms with Gasteiger partial charge in [-0.3, -0.25) is 14.4 Å². The summed E-state index contributed by atoms with van der Waals surface area (Å²) in [5.41, 5.74) is 0.931. The normalized spacial score (nSPS) is 14.5. The molecule has 0 atom stereocenters. The molecule has 0 radical (unpaired) electrons. The topological polar surface area (TPSA) is 79.8 Å². The number of amides is 2. The number of benzene rings is 1. The van der Waals surface area contributed by atoms with E-state index in [9.17, 15) is 14.4 Å². The van der Waals surface area contributed by atoms with E-state index >= 15 is 0 Å². The van der Waals surface area contributed by atoms with Crippen LogP contribution in [0.3, 0.4) is 0 Å². The number of aromatic nitrogens is 1. The number of hydrogen-bond acceptors (Lipinski definition) is 6. The summed E-state index contributed by atoms with van der Waals surface area (Å²) in [5.74, 6) is -0.611. The predicted molar refractivity (Wildman–Crippen MR) is 97.7 cm³/mol. The number of rotatable bonds is 5. The molecule has 138 valence electrons. The van der Waals surface area contributed by atoms with Crippen molar-refractivity contribution >= 4 is 39.3 Å². The Balaban J connectivity index is 1.40. The Labute approximate surface area is 155 Å². The molecule has 0 saturated carbocycles. The van der Waals surface area contributed by atoms with Crippen molar-refractivity contribution in [3.63, 3.8) is 0 Å². The van der Waals surface area contributed by atoms with Gasteiger partial charge in [0.25, 0.3) is 5.91 Å². The van der Waals surface area contributed by atoms with Crippen molar-refractivity contribution in [3.8, 4) is 0 Å². The highest BCUT2D eigenvalue weighted by atomic mass is 32.1. The summed E-state index contributed by atoms with van der Waals surface area (Å²) in [6.45, 7) is 3.26. The van der Waals surface area contributed by atoms with Crippen LogP contribution < -0.4 is 0 Å². The number of aryl methyl sites for hydroxylation is 1. The van der Waals surface area contributed by atoms with Gasteiger partial charge in [-0.15, -0.1) is 11.3 Å².